The van der Waals surface area contributed by atoms with Gasteiger partial charge in [-0.05, 0) is 61.2 Å². The minimum absolute atomic E-state index is 0.00217. The summed E-state index contributed by atoms with van der Waals surface area (Å²) in [6.45, 7) is 3.04. The molecule has 0 spiro atoms. The molecule has 0 saturated heterocycles. The summed E-state index contributed by atoms with van der Waals surface area (Å²) in [5.41, 5.74) is 1.74. The number of amides is 2. The second-order valence-corrected chi connectivity index (χ2v) is 11.1. The normalized spacial score (nSPS) is 13.9. The van der Waals surface area contributed by atoms with Gasteiger partial charge in [0, 0.05) is 40.5 Å². The fourth-order valence-corrected chi connectivity index (χ4v) is 5.70. The number of benzene rings is 2. The molecule has 1 saturated carbocycles. The van der Waals surface area contributed by atoms with Crippen LogP contribution in [-0.4, -0.2) is 39.1 Å². The second kappa shape index (κ2) is 13.1. The zero-order valence-electron chi connectivity index (χ0n) is 21.6. The highest BCUT2D eigenvalue weighted by molar-refractivity contribution is 7.11. The van der Waals surface area contributed by atoms with Crippen LogP contribution in [0.2, 0.25) is 0 Å². The number of carbonyl (C=O) groups excluding carboxylic acids is 2. The van der Waals surface area contributed by atoms with E-state index in [4.69, 9.17) is 0 Å². The second-order valence-electron chi connectivity index (χ2n) is 9.69. The predicted octanol–water partition coefficient (Wildman–Crippen LogP) is 6.37. The molecule has 4 rings (SSSR count). The summed E-state index contributed by atoms with van der Waals surface area (Å²) in [6.07, 6.45) is 8.12. The number of nitro groups is 1. The van der Waals surface area contributed by atoms with Crippen LogP contribution in [-0.2, 0) is 22.7 Å². The third-order valence-corrected chi connectivity index (χ3v) is 7.82. The number of carbonyl (C=O) groups is 2. The van der Waals surface area contributed by atoms with E-state index in [1.54, 1.807) is 34.4 Å². The van der Waals surface area contributed by atoms with Crippen LogP contribution in [0.15, 0.2) is 72.8 Å². The first-order chi connectivity index (χ1) is 18.4. The number of non-ortho nitro benzene ring substituents is 1. The standard InChI is InChI=1S/C30H33N3O4S/c1-23-12-18-28(38-23)21-31(20-25-8-4-2-5-9-25)30(35)22-32(26-10-6-3-7-11-26)29(34)19-15-24-13-16-27(17-14-24)33(36)37/h2,4-5,8-9,12-19,26H,3,6-7,10-11,20-22H2,1H3/b19-15+. The fraction of sp³-hybridized carbons (Fsp3) is 0.333. The highest BCUT2D eigenvalue weighted by atomic mass is 32.1. The van der Waals surface area contributed by atoms with Crippen LogP contribution in [0.1, 0.15) is 53.0 Å². The number of hydrogen-bond acceptors (Lipinski definition) is 5. The molecule has 1 aliphatic rings. The summed E-state index contributed by atoms with van der Waals surface area (Å²) in [6, 6.07) is 20.1. The van der Waals surface area contributed by atoms with Crippen molar-refractivity contribution in [1.82, 2.24) is 9.80 Å². The van der Waals surface area contributed by atoms with Gasteiger partial charge < -0.3 is 9.80 Å². The Hall–Kier alpha value is -3.78. The first-order valence-electron chi connectivity index (χ1n) is 13.0. The van der Waals surface area contributed by atoms with Gasteiger partial charge in [0.15, 0.2) is 0 Å². The lowest BCUT2D eigenvalue weighted by Gasteiger charge is -2.35. The lowest BCUT2D eigenvalue weighted by molar-refractivity contribution is -0.384. The quantitative estimate of drug-likeness (QED) is 0.173. The number of hydrogen-bond donors (Lipinski definition) is 0. The van der Waals surface area contributed by atoms with E-state index in [0.29, 0.717) is 18.7 Å². The molecule has 0 radical (unpaired) electrons. The molecular formula is C30H33N3O4S. The number of nitro benzene ring substituents is 1. The maximum atomic E-state index is 13.7. The van der Waals surface area contributed by atoms with Crippen LogP contribution < -0.4 is 0 Å². The van der Waals surface area contributed by atoms with Crippen molar-refractivity contribution < 1.29 is 14.5 Å². The van der Waals surface area contributed by atoms with Crippen molar-refractivity contribution in [2.45, 2.75) is 58.2 Å². The van der Waals surface area contributed by atoms with Gasteiger partial charge in [-0.3, -0.25) is 19.7 Å². The van der Waals surface area contributed by atoms with Crippen LogP contribution in [0.25, 0.3) is 6.08 Å². The molecule has 0 aliphatic heterocycles. The van der Waals surface area contributed by atoms with Crippen molar-refractivity contribution in [1.29, 1.82) is 0 Å². The van der Waals surface area contributed by atoms with E-state index < -0.39 is 4.92 Å². The van der Waals surface area contributed by atoms with E-state index in [0.717, 1.165) is 42.5 Å². The lowest BCUT2D eigenvalue weighted by atomic mass is 9.94. The Balaban J connectivity index is 1.53. The lowest BCUT2D eigenvalue weighted by Crippen LogP contribution is -2.47. The largest absolute Gasteiger partial charge is 0.332 e. The van der Waals surface area contributed by atoms with E-state index in [9.17, 15) is 19.7 Å². The molecule has 1 aliphatic carbocycles. The van der Waals surface area contributed by atoms with Gasteiger partial charge in [-0.1, -0.05) is 49.6 Å². The molecule has 0 unspecified atom stereocenters. The Labute approximate surface area is 227 Å². The SMILES string of the molecule is Cc1ccc(CN(Cc2ccccc2)C(=O)CN(C(=O)/C=C/c2ccc([N+](=O)[O-])cc2)C2CCCCC2)s1. The zero-order chi connectivity index (χ0) is 26.9. The summed E-state index contributed by atoms with van der Waals surface area (Å²) < 4.78 is 0. The van der Waals surface area contributed by atoms with Crippen LogP contribution in [0.4, 0.5) is 5.69 Å². The van der Waals surface area contributed by atoms with Crippen molar-refractivity contribution >= 4 is 34.9 Å². The highest BCUT2D eigenvalue weighted by Crippen LogP contribution is 2.24. The summed E-state index contributed by atoms with van der Waals surface area (Å²) in [7, 11) is 0. The molecule has 1 heterocycles. The summed E-state index contributed by atoms with van der Waals surface area (Å²) >= 11 is 1.68. The van der Waals surface area contributed by atoms with Gasteiger partial charge in [-0.2, -0.15) is 0 Å². The zero-order valence-corrected chi connectivity index (χ0v) is 22.4. The minimum atomic E-state index is -0.451. The first-order valence-corrected chi connectivity index (χ1v) is 13.8. The van der Waals surface area contributed by atoms with Crippen LogP contribution in [0.3, 0.4) is 0 Å². The van der Waals surface area contributed by atoms with Crippen molar-refractivity contribution in [3.63, 3.8) is 0 Å². The van der Waals surface area contributed by atoms with Gasteiger partial charge in [0.1, 0.15) is 6.54 Å². The Morgan fingerprint density at radius 3 is 2.32 bits per heavy atom. The van der Waals surface area contributed by atoms with Crippen molar-refractivity contribution in [2.24, 2.45) is 0 Å². The Morgan fingerprint density at radius 1 is 0.974 bits per heavy atom. The number of aryl methyl sites for hydroxylation is 1. The van der Waals surface area contributed by atoms with Gasteiger partial charge in [-0.15, -0.1) is 11.3 Å². The Bertz CT molecular complexity index is 1260. The molecule has 0 atom stereocenters. The maximum Gasteiger partial charge on any atom is 0.269 e. The molecule has 8 heteroatoms. The fourth-order valence-electron chi connectivity index (χ4n) is 4.79. The number of thiophene rings is 1. The van der Waals surface area contributed by atoms with E-state index in [-0.39, 0.29) is 30.1 Å². The Kier molecular flexibility index (Phi) is 9.43. The van der Waals surface area contributed by atoms with Gasteiger partial charge in [0.05, 0.1) is 11.5 Å². The van der Waals surface area contributed by atoms with E-state index in [2.05, 4.69) is 19.1 Å². The summed E-state index contributed by atoms with van der Waals surface area (Å²) in [4.78, 5) is 43.5. The van der Waals surface area contributed by atoms with Gasteiger partial charge in [-0.25, -0.2) is 0 Å². The average molecular weight is 532 g/mol. The predicted molar refractivity (Wildman–Crippen MR) is 150 cm³/mol. The van der Waals surface area contributed by atoms with Crippen LogP contribution in [0, 0.1) is 17.0 Å². The van der Waals surface area contributed by atoms with E-state index in [1.165, 1.54) is 23.1 Å². The molecule has 0 bridgehead atoms. The van der Waals surface area contributed by atoms with Gasteiger partial charge in [0.2, 0.25) is 11.8 Å². The monoisotopic (exact) mass is 531 g/mol. The van der Waals surface area contributed by atoms with Crippen LogP contribution >= 0.6 is 11.3 Å². The Morgan fingerprint density at radius 2 is 1.68 bits per heavy atom. The molecule has 38 heavy (non-hydrogen) atoms. The first kappa shape index (κ1) is 27.3. The molecule has 198 valence electrons. The van der Waals surface area contributed by atoms with Crippen molar-refractivity contribution in [3.05, 3.63) is 104 Å². The molecule has 1 aromatic heterocycles. The maximum absolute atomic E-state index is 13.7. The third kappa shape index (κ3) is 7.61. The van der Waals surface area contributed by atoms with Gasteiger partial charge in [0.25, 0.3) is 5.69 Å². The average Bonchev–Trinajstić information content (AvgIpc) is 3.35. The number of rotatable bonds is 10. The smallest absolute Gasteiger partial charge is 0.269 e. The highest BCUT2D eigenvalue weighted by Gasteiger charge is 2.28. The molecule has 3 aromatic rings. The van der Waals surface area contributed by atoms with Gasteiger partial charge >= 0.3 is 0 Å². The van der Waals surface area contributed by atoms with Crippen molar-refractivity contribution in [3.8, 4) is 0 Å². The third-order valence-electron chi connectivity index (χ3n) is 6.84. The van der Waals surface area contributed by atoms with Crippen molar-refractivity contribution in [2.75, 3.05) is 6.54 Å². The molecule has 0 N–H and O–H groups in total. The molecule has 2 aromatic carbocycles. The van der Waals surface area contributed by atoms with E-state index >= 15 is 0 Å². The molecular weight excluding hydrogens is 498 g/mol. The summed E-state index contributed by atoms with van der Waals surface area (Å²) in [5, 5.41) is 10.9. The molecule has 2 amide bonds. The minimum Gasteiger partial charge on any atom is -0.332 e. The van der Waals surface area contributed by atoms with Crippen LogP contribution in [0.5, 0.6) is 0 Å². The molecule has 1 fully saturated rings. The van der Waals surface area contributed by atoms with E-state index in [1.807, 2.05) is 35.2 Å². The summed E-state index contributed by atoms with van der Waals surface area (Å²) in [5.74, 6) is -0.294. The number of nitrogens with zero attached hydrogens (tertiary/aromatic N) is 3. The molecule has 7 nitrogen and oxygen atoms in total. The topological polar surface area (TPSA) is 83.8 Å².